The molecular formula is C12H16O4. The Balaban J connectivity index is 2.72. The molecule has 1 aromatic rings. The van der Waals surface area contributed by atoms with Crippen molar-refractivity contribution >= 4 is 5.97 Å². The number of hydrogen-bond acceptors (Lipinski definition) is 4. The van der Waals surface area contributed by atoms with Crippen LogP contribution in [0.15, 0.2) is 24.3 Å². The number of ether oxygens (including phenoxy) is 3. The number of carbonyl (C=O) groups is 1. The predicted molar refractivity (Wildman–Crippen MR) is 59.7 cm³/mol. The molecule has 0 saturated carbocycles. The maximum Gasteiger partial charge on any atom is 0.342 e. The molecule has 0 spiro atoms. The maximum atomic E-state index is 11.8. The highest BCUT2D eigenvalue weighted by Gasteiger charge is 2.15. The van der Waals surface area contributed by atoms with Crippen LogP contribution in [0.3, 0.4) is 0 Å². The monoisotopic (exact) mass is 224 g/mol. The van der Waals surface area contributed by atoms with Gasteiger partial charge in [0.1, 0.15) is 17.4 Å². The number of hydrogen-bond donors (Lipinski definition) is 0. The van der Waals surface area contributed by atoms with Gasteiger partial charge in [-0.25, -0.2) is 4.79 Å². The summed E-state index contributed by atoms with van der Waals surface area (Å²) in [7, 11) is 3.08. The third kappa shape index (κ3) is 3.24. The topological polar surface area (TPSA) is 44.8 Å². The van der Waals surface area contributed by atoms with Crippen molar-refractivity contribution < 1.29 is 19.0 Å². The lowest BCUT2D eigenvalue weighted by Gasteiger charge is -2.13. The van der Waals surface area contributed by atoms with E-state index in [0.717, 1.165) is 0 Å². The van der Waals surface area contributed by atoms with E-state index in [4.69, 9.17) is 14.2 Å². The van der Waals surface area contributed by atoms with Gasteiger partial charge >= 0.3 is 5.97 Å². The van der Waals surface area contributed by atoms with Gasteiger partial charge in [0, 0.05) is 7.11 Å². The Bertz CT molecular complexity index is 349. The summed E-state index contributed by atoms with van der Waals surface area (Å²) >= 11 is 0. The first-order valence-electron chi connectivity index (χ1n) is 5.02. The smallest absolute Gasteiger partial charge is 0.342 e. The van der Waals surface area contributed by atoms with Crippen LogP contribution in [0.1, 0.15) is 17.3 Å². The average Bonchev–Trinajstić information content (AvgIpc) is 2.29. The lowest BCUT2D eigenvalue weighted by Crippen LogP contribution is -2.20. The first kappa shape index (κ1) is 12.5. The van der Waals surface area contributed by atoms with E-state index in [9.17, 15) is 4.79 Å². The lowest BCUT2D eigenvalue weighted by atomic mass is 10.2. The van der Waals surface area contributed by atoms with Crippen molar-refractivity contribution in [3.63, 3.8) is 0 Å². The number of carbonyl (C=O) groups excluding carboxylic acids is 1. The van der Waals surface area contributed by atoms with Crippen LogP contribution in [0, 0.1) is 0 Å². The molecule has 0 heterocycles. The predicted octanol–water partition coefficient (Wildman–Crippen LogP) is 1.89. The first-order chi connectivity index (χ1) is 7.69. The Morgan fingerprint density at radius 2 is 2.00 bits per heavy atom. The van der Waals surface area contributed by atoms with Gasteiger partial charge in [0.05, 0.1) is 13.7 Å². The Hall–Kier alpha value is -1.55. The number of rotatable bonds is 5. The summed E-state index contributed by atoms with van der Waals surface area (Å²) in [5.74, 6) is 0.110. The Morgan fingerprint density at radius 1 is 1.31 bits per heavy atom. The van der Waals surface area contributed by atoms with Gasteiger partial charge in [-0.05, 0) is 19.1 Å². The third-order valence-corrected chi connectivity index (χ3v) is 2.04. The molecule has 88 valence electrons. The van der Waals surface area contributed by atoms with Gasteiger partial charge in [0.15, 0.2) is 0 Å². The zero-order valence-electron chi connectivity index (χ0n) is 9.73. The minimum Gasteiger partial charge on any atom is -0.496 e. The lowest BCUT2D eigenvalue weighted by molar-refractivity contribution is 0.0117. The number of esters is 1. The van der Waals surface area contributed by atoms with Crippen LogP contribution in [-0.4, -0.2) is 32.9 Å². The molecule has 4 heteroatoms. The van der Waals surface area contributed by atoms with Crippen LogP contribution in [0.2, 0.25) is 0 Å². The SMILES string of the molecule is COC[C@H](C)OC(=O)c1ccccc1OC. The van der Waals surface area contributed by atoms with E-state index in [0.29, 0.717) is 17.9 Å². The van der Waals surface area contributed by atoms with Crippen LogP contribution < -0.4 is 4.74 Å². The highest BCUT2D eigenvalue weighted by atomic mass is 16.6. The van der Waals surface area contributed by atoms with E-state index < -0.39 is 5.97 Å². The Kier molecular flexibility index (Phi) is 4.79. The van der Waals surface area contributed by atoms with Gasteiger partial charge in [-0.3, -0.25) is 0 Å². The summed E-state index contributed by atoms with van der Waals surface area (Å²) in [6, 6.07) is 6.95. The molecule has 0 amide bonds. The summed E-state index contributed by atoms with van der Waals surface area (Å²) in [5.41, 5.74) is 0.424. The number of methoxy groups -OCH3 is 2. The molecule has 0 radical (unpaired) electrons. The molecular weight excluding hydrogens is 208 g/mol. The van der Waals surface area contributed by atoms with Gasteiger partial charge in [0.2, 0.25) is 0 Å². The highest BCUT2D eigenvalue weighted by Crippen LogP contribution is 2.18. The molecule has 0 fully saturated rings. The van der Waals surface area contributed by atoms with Gasteiger partial charge in [-0.15, -0.1) is 0 Å². The van der Waals surface area contributed by atoms with Gasteiger partial charge < -0.3 is 14.2 Å². The van der Waals surface area contributed by atoms with Crippen LogP contribution >= 0.6 is 0 Å². The van der Waals surface area contributed by atoms with E-state index in [2.05, 4.69) is 0 Å². The second-order valence-corrected chi connectivity index (χ2v) is 3.37. The number of para-hydroxylation sites is 1. The summed E-state index contributed by atoms with van der Waals surface area (Å²) < 4.78 is 15.1. The quantitative estimate of drug-likeness (QED) is 0.716. The van der Waals surface area contributed by atoms with E-state index in [-0.39, 0.29) is 6.10 Å². The molecule has 0 saturated heterocycles. The fraction of sp³-hybridized carbons (Fsp3) is 0.417. The van der Waals surface area contributed by atoms with E-state index in [1.54, 1.807) is 38.3 Å². The van der Waals surface area contributed by atoms with Crippen molar-refractivity contribution in [2.45, 2.75) is 13.0 Å². The van der Waals surface area contributed by atoms with Crippen LogP contribution in [0.25, 0.3) is 0 Å². The summed E-state index contributed by atoms with van der Waals surface area (Å²) in [4.78, 5) is 11.8. The van der Waals surface area contributed by atoms with Crippen molar-refractivity contribution in [1.82, 2.24) is 0 Å². The molecule has 0 aliphatic heterocycles. The zero-order valence-corrected chi connectivity index (χ0v) is 9.73. The zero-order chi connectivity index (χ0) is 12.0. The van der Waals surface area contributed by atoms with Crippen molar-refractivity contribution in [2.24, 2.45) is 0 Å². The maximum absolute atomic E-state index is 11.8. The Labute approximate surface area is 95.1 Å². The fourth-order valence-electron chi connectivity index (χ4n) is 1.33. The molecule has 0 aromatic heterocycles. The van der Waals surface area contributed by atoms with E-state index in [1.807, 2.05) is 0 Å². The van der Waals surface area contributed by atoms with Gasteiger partial charge in [-0.2, -0.15) is 0 Å². The molecule has 0 N–H and O–H groups in total. The second-order valence-electron chi connectivity index (χ2n) is 3.37. The molecule has 0 aliphatic rings. The minimum absolute atomic E-state index is 0.276. The van der Waals surface area contributed by atoms with Crippen molar-refractivity contribution in [3.8, 4) is 5.75 Å². The molecule has 4 nitrogen and oxygen atoms in total. The molecule has 1 atom stereocenters. The van der Waals surface area contributed by atoms with Crippen molar-refractivity contribution in [1.29, 1.82) is 0 Å². The van der Waals surface area contributed by atoms with Crippen LogP contribution in [0.4, 0.5) is 0 Å². The van der Waals surface area contributed by atoms with Crippen LogP contribution in [0.5, 0.6) is 5.75 Å². The summed E-state index contributed by atoms with van der Waals surface area (Å²) in [6.45, 7) is 2.15. The molecule has 0 bridgehead atoms. The van der Waals surface area contributed by atoms with Gasteiger partial charge in [0.25, 0.3) is 0 Å². The highest BCUT2D eigenvalue weighted by molar-refractivity contribution is 5.92. The molecule has 1 aromatic carbocycles. The van der Waals surface area contributed by atoms with E-state index >= 15 is 0 Å². The van der Waals surface area contributed by atoms with Crippen LogP contribution in [-0.2, 0) is 9.47 Å². The van der Waals surface area contributed by atoms with Crippen molar-refractivity contribution in [3.05, 3.63) is 29.8 Å². The van der Waals surface area contributed by atoms with Gasteiger partial charge in [-0.1, -0.05) is 12.1 Å². The standard InChI is InChI=1S/C12H16O4/c1-9(8-14-2)16-12(13)10-6-4-5-7-11(10)15-3/h4-7,9H,8H2,1-3H3/t9-/m0/s1. The second kappa shape index (κ2) is 6.12. The van der Waals surface area contributed by atoms with Crippen molar-refractivity contribution in [2.75, 3.05) is 20.8 Å². The van der Waals surface area contributed by atoms with E-state index in [1.165, 1.54) is 7.11 Å². The Morgan fingerprint density at radius 3 is 2.62 bits per heavy atom. The fourth-order valence-corrected chi connectivity index (χ4v) is 1.33. The molecule has 1 rings (SSSR count). The number of benzene rings is 1. The molecule has 16 heavy (non-hydrogen) atoms. The summed E-state index contributed by atoms with van der Waals surface area (Å²) in [5, 5.41) is 0. The molecule has 0 aliphatic carbocycles. The normalized spacial score (nSPS) is 11.9. The summed E-state index contributed by atoms with van der Waals surface area (Å²) in [6.07, 6.45) is -0.276. The third-order valence-electron chi connectivity index (χ3n) is 2.04. The molecule has 0 unspecified atom stereocenters. The average molecular weight is 224 g/mol. The first-order valence-corrected chi connectivity index (χ1v) is 5.02. The largest absolute Gasteiger partial charge is 0.496 e. The minimum atomic E-state index is -0.401.